The molecule has 2 aromatic carbocycles. The number of carbonyl (C=O) groups excluding carboxylic acids is 3. The first-order chi connectivity index (χ1) is 15.5. The number of anilines is 1. The first kappa shape index (κ1) is 20.1. The number of ketones is 1. The molecule has 1 saturated heterocycles. The SMILES string of the molecule is O=C(CSc1nc2ccc(N3C(=O)[C@@H]4[C@@H](C3=O)[C@H]3C=C[C@H]4C3)cc2s1)c1ccc(Cl)cc1. The Morgan fingerprint density at radius 3 is 2.44 bits per heavy atom. The predicted octanol–water partition coefficient (Wildman–Crippen LogP) is 5.24. The Bertz CT molecular complexity index is 1290. The third-order valence-corrected chi connectivity index (χ3v) is 8.99. The molecule has 1 aromatic heterocycles. The van der Waals surface area contributed by atoms with Crippen LogP contribution in [0.1, 0.15) is 16.8 Å². The summed E-state index contributed by atoms with van der Waals surface area (Å²) in [5, 5.41) is 0.596. The van der Waals surface area contributed by atoms with Gasteiger partial charge in [0.1, 0.15) is 0 Å². The number of thioether (sulfide) groups is 1. The molecule has 2 heterocycles. The van der Waals surface area contributed by atoms with Crippen LogP contribution in [0.5, 0.6) is 0 Å². The number of allylic oxidation sites excluding steroid dienone is 2. The minimum Gasteiger partial charge on any atom is -0.293 e. The fraction of sp³-hybridized carbons (Fsp3) is 0.250. The zero-order valence-corrected chi connectivity index (χ0v) is 19.1. The fourth-order valence-electron chi connectivity index (χ4n) is 5.10. The molecule has 2 bridgehead atoms. The van der Waals surface area contributed by atoms with Crippen molar-refractivity contribution in [3.63, 3.8) is 0 Å². The molecule has 2 aliphatic carbocycles. The minimum absolute atomic E-state index is 0.00894. The maximum atomic E-state index is 13.1. The van der Waals surface area contributed by atoms with Crippen molar-refractivity contribution in [1.82, 2.24) is 4.98 Å². The van der Waals surface area contributed by atoms with Gasteiger partial charge in [-0.25, -0.2) is 9.88 Å². The number of halogens is 1. The molecule has 4 atom stereocenters. The average molecular weight is 481 g/mol. The highest BCUT2D eigenvalue weighted by Crippen LogP contribution is 2.53. The van der Waals surface area contributed by atoms with Gasteiger partial charge in [-0.2, -0.15) is 0 Å². The molecule has 0 unspecified atom stereocenters. The number of hydrogen-bond donors (Lipinski definition) is 0. The number of Topliss-reactive ketones (excluding diaryl/α,β-unsaturated/α-hetero) is 1. The molecule has 5 nitrogen and oxygen atoms in total. The summed E-state index contributed by atoms with van der Waals surface area (Å²) in [4.78, 5) is 44.5. The molecule has 2 fully saturated rings. The Morgan fingerprint density at radius 2 is 1.75 bits per heavy atom. The number of hydrogen-bond acceptors (Lipinski definition) is 6. The van der Waals surface area contributed by atoms with E-state index < -0.39 is 0 Å². The summed E-state index contributed by atoms with van der Waals surface area (Å²) in [5.74, 6) is 0.0949. The predicted molar refractivity (Wildman–Crippen MR) is 126 cm³/mol. The zero-order valence-electron chi connectivity index (χ0n) is 16.7. The molecule has 160 valence electrons. The topological polar surface area (TPSA) is 67.3 Å². The van der Waals surface area contributed by atoms with Crippen LogP contribution in [0.3, 0.4) is 0 Å². The van der Waals surface area contributed by atoms with Crippen LogP contribution in [-0.2, 0) is 9.59 Å². The number of amides is 2. The number of benzene rings is 2. The first-order valence-electron chi connectivity index (χ1n) is 10.4. The van der Waals surface area contributed by atoms with Gasteiger partial charge in [0, 0.05) is 10.6 Å². The van der Waals surface area contributed by atoms with Crippen molar-refractivity contribution in [1.29, 1.82) is 0 Å². The molecule has 32 heavy (non-hydrogen) atoms. The lowest BCUT2D eigenvalue weighted by Gasteiger charge is -2.17. The van der Waals surface area contributed by atoms with Crippen LogP contribution < -0.4 is 4.90 Å². The number of thiazole rings is 1. The number of rotatable bonds is 5. The van der Waals surface area contributed by atoms with Gasteiger partial charge in [0.2, 0.25) is 11.8 Å². The molecule has 3 aromatic rings. The summed E-state index contributed by atoms with van der Waals surface area (Å²) < 4.78 is 1.67. The quantitative estimate of drug-likeness (QED) is 0.216. The Balaban J connectivity index is 1.21. The summed E-state index contributed by atoms with van der Waals surface area (Å²) in [6.07, 6.45) is 5.12. The Morgan fingerprint density at radius 1 is 1.06 bits per heavy atom. The molecule has 8 heteroatoms. The zero-order chi connectivity index (χ0) is 22.0. The van der Waals surface area contributed by atoms with E-state index >= 15 is 0 Å². The summed E-state index contributed by atoms with van der Waals surface area (Å²) in [6, 6.07) is 12.3. The van der Waals surface area contributed by atoms with E-state index in [0.717, 1.165) is 21.0 Å². The van der Waals surface area contributed by atoms with E-state index in [0.29, 0.717) is 16.3 Å². The van der Waals surface area contributed by atoms with Crippen molar-refractivity contribution in [3.05, 3.63) is 65.2 Å². The van der Waals surface area contributed by atoms with Crippen molar-refractivity contribution < 1.29 is 14.4 Å². The van der Waals surface area contributed by atoms with E-state index in [1.807, 2.05) is 12.1 Å². The van der Waals surface area contributed by atoms with Gasteiger partial charge < -0.3 is 0 Å². The highest BCUT2D eigenvalue weighted by molar-refractivity contribution is 8.01. The number of fused-ring (bicyclic) bond motifs is 6. The van der Waals surface area contributed by atoms with Crippen molar-refractivity contribution in [2.45, 2.75) is 10.8 Å². The van der Waals surface area contributed by atoms with Gasteiger partial charge in [-0.3, -0.25) is 14.4 Å². The lowest BCUT2D eigenvalue weighted by Crippen LogP contribution is -2.32. The van der Waals surface area contributed by atoms with Crippen LogP contribution in [0, 0.1) is 23.7 Å². The Kier molecular flexibility index (Phi) is 4.75. The normalized spacial score (nSPS) is 25.8. The van der Waals surface area contributed by atoms with Crippen molar-refractivity contribution in [2.75, 3.05) is 10.7 Å². The standard InChI is InChI=1S/C24H17ClN2O3S2/c25-15-5-3-12(4-6-15)18(28)11-31-24-26-17-8-7-16(10-19(17)32-24)27-22(29)20-13-1-2-14(9-13)21(20)23(27)30/h1-8,10,13-14,20-21H,9,11H2/t13-,14-,20-,21-/m0/s1. The van der Waals surface area contributed by atoms with Crippen LogP contribution in [-0.4, -0.2) is 28.3 Å². The molecule has 1 saturated carbocycles. The van der Waals surface area contributed by atoms with Gasteiger partial charge in [-0.15, -0.1) is 11.3 Å². The number of nitrogens with zero attached hydrogens (tertiary/aromatic N) is 2. The summed E-state index contributed by atoms with van der Waals surface area (Å²) in [5.41, 5.74) is 2.02. The summed E-state index contributed by atoms with van der Waals surface area (Å²) in [6.45, 7) is 0. The average Bonchev–Trinajstić information content (AvgIpc) is 3.55. The van der Waals surface area contributed by atoms with Gasteiger partial charge >= 0.3 is 0 Å². The molecule has 1 aliphatic heterocycles. The molecule has 6 rings (SSSR count). The molecular weight excluding hydrogens is 464 g/mol. The lowest BCUT2D eigenvalue weighted by molar-refractivity contribution is -0.123. The number of carbonyl (C=O) groups is 3. The lowest BCUT2D eigenvalue weighted by atomic mass is 9.85. The number of aromatic nitrogens is 1. The van der Waals surface area contributed by atoms with E-state index in [1.165, 1.54) is 28.0 Å². The van der Waals surface area contributed by atoms with Crippen LogP contribution in [0.2, 0.25) is 5.02 Å². The Hall–Kier alpha value is -2.48. The summed E-state index contributed by atoms with van der Waals surface area (Å²) >= 11 is 8.73. The van der Waals surface area contributed by atoms with Crippen LogP contribution in [0.4, 0.5) is 5.69 Å². The van der Waals surface area contributed by atoms with E-state index in [2.05, 4.69) is 17.1 Å². The maximum Gasteiger partial charge on any atom is 0.238 e. The van der Waals surface area contributed by atoms with Gasteiger partial charge in [0.25, 0.3) is 0 Å². The molecular formula is C24H17ClN2O3S2. The maximum absolute atomic E-state index is 13.1. The largest absolute Gasteiger partial charge is 0.293 e. The highest BCUT2D eigenvalue weighted by Gasteiger charge is 2.59. The van der Waals surface area contributed by atoms with Crippen molar-refractivity contribution in [2.24, 2.45) is 23.7 Å². The molecule has 2 amide bonds. The second kappa shape index (κ2) is 7.54. The highest BCUT2D eigenvalue weighted by atomic mass is 35.5. The van der Waals surface area contributed by atoms with Crippen molar-refractivity contribution in [3.8, 4) is 0 Å². The van der Waals surface area contributed by atoms with E-state index in [4.69, 9.17) is 11.6 Å². The first-order valence-corrected chi connectivity index (χ1v) is 12.6. The third-order valence-electron chi connectivity index (χ3n) is 6.57. The van der Waals surface area contributed by atoms with E-state index in [1.54, 1.807) is 30.3 Å². The van der Waals surface area contributed by atoms with Gasteiger partial charge in [0.05, 0.1) is 33.5 Å². The van der Waals surface area contributed by atoms with Gasteiger partial charge in [-0.1, -0.05) is 35.5 Å². The molecule has 3 aliphatic rings. The summed E-state index contributed by atoms with van der Waals surface area (Å²) in [7, 11) is 0. The second-order valence-corrected chi connectivity index (χ2v) is 11.1. The van der Waals surface area contributed by atoms with Crippen molar-refractivity contribution >= 4 is 68.2 Å². The molecule has 0 N–H and O–H groups in total. The Labute approximate surface area is 197 Å². The van der Waals surface area contributed by atoms with Crippen LogP contribution in [0.25, 0.3) is 10.2 Å². The van der Waals surface area contributed by atoms with Crippen LogP contribution in [0.15, 0.2) is 59.0 Å². The van der Waals surface area contributed by atoms with E-state index in [9.17, 15) is 14.4 Å². The monoisotopic (exact) mass is 480 g/mol. The van der Waals surface area contributed by atoms with Gasteiger partial charge in [0.15, 0.2) is 10.1 Å². The molecule has 0 spiro atoms. The molecule has 0 radical (unpaired) electrons. The minimum atomic E-state index is -0.209. The van der Waals surface area contributed by atoms with E-state index in [-0.39, 0.29) is 47.0 Å². The van der Waals surface area contributed by atoms with Crippen LogP contribution >= 0.6 is 34.7 Å². The van der Waals surface area contributed by atoms with Gasteiger partial charge in [-0.05, 0) is 60.7 Å². The second-order valence-electron chi connectivity index (χ2n) is 8.36. The number of imide groups is 1. The smallest absolute Gasteiger partial charge is 0.238 e. The fourth-order valence-corrected chi connectivity index (χ4v) is 7.22. The third kappa shape index (κ3) is 3.14.